The molecule has 7 nitrogen and oxygen atoms in total. The third kappa shape index (κ3) is 6.53. The molecule has 0 radical (unpaired) electrons. The molecule has 0 unspecified atom stereocenters. The van der Waals surface area contributed by atoms with Crippen LogP contribution in [-0.2, 0) is 30.8 Å². The topological polar surface area (TPSA) is 93.1 Å². The van der Waals surface area contributed by atoms with Crippen molar-refractivity contribution in [3.63, 3.8) is 0 Å². The number of hydrogen-bond acceptors (Lipinski definition) is 6. The van der Waals surface area contributed by atoms with Crippen molar-refractivity contribution in [2.45, 2.75) is 62.4 Å². The molecule has 2 atom stereocenters. The average Bonchev–Trinajstić information content (AvgIpc) is 3.09. The minimum absolute atomic E-state index is 0.0667. The molecule has 2 aromatic carbocycles. The van der Waals surface area contributed by atoms with E-state index in [-0.39, 0.29) is 23.4 Å². The molecule has 1 aliphatic heterocycles. The zero-order valence-electron chi connectivity index (χ0n) is 19.8. The van der Waals surface area contributed by atoms with E-state index in [1.54, 1.807) is 39.8 Å². The number of hydrogen-bond donors (Lipinski definition) is 1. The van der Waals surface area contributed by atoms with Gasteiger partial charge in [-0.1, -0.05) is 29.8 Å². The monoisotopic (exact) mass is 515 g/mol. The summed E-state index contributed by atoms with van der Waals surface area (Å²) in [6, 6.07) is 9.06. The zero-order chi connectivity index (χ0) is 26.2. The SMILES string of the molecule is Cc1ccc(S(=O)(=O)OC[C@@H]2C[C@](O)(c3ccc(C(F)(F)F)cc3)CN2C(=O)OC(C)(C)C)cc1. The molecule has 1 saturated heterocycles. The first-order chi connectivity index (χ1) is 16.0. The molecular weight excluding hydrogens is 487 g/mol. The standard InChI is InChI=1S/C24H28F3NO6S/c1-16-5-11-20(12-6-16)35(31,32)33-14-19-13-23(30,15-28(19)21(29)34-22(2,3)4)17-7-9-18(10-8-17)24(25,26)27/h5-12,19,30H,13-15H2,1-4H3/t19-,23+/m0/s1. The predicted octanol–water partition coefficient (Wildman–Crippen LogP) is 4.62. The lowest BCUT2D eigenvalue weighted by molar-refractivity contribution is -0.137. The van der Waals surface area contributed by atoms with Gasteiger partial charge < -0.3 is 9.84 Å². The molecule has 0 aliphatic carbocycles. The summed E-state index contributed by atoms with van der Waals surface area (Å²) in [5, 5.41) is 11.3. The number of alkyl halides is 3. The number of rotatable bonds is 5. The fourth-order valence-corrected chi connectivity index (χ4v) is 4.72. The van der Waals surface area contributed by atoms with Crippen LogP contribution < -0.4 is 0 Å². The fraction of sp³-hybridized carbons (Fsp3) is 0.458. The van der Waals surface area contributed by atoms with Crippen molar-refractivity contribution in [1.29, 1.82) is 0 Å². The number of aryl methyl sites for hydroxylation is 1. The number of aliphatic hydroxyl groups is 1. The molecular formula is C24H28F3NO6S. The van der Waals surface area contributed by atoms with Gasteiger partial charge in [0.05, 0.1) is 29.7 Å². The quantitative estimate of drug-likeness (QED) is 0.585. The first kappa shape index (κ1) is 27.0. The van der Waals surface area contributed by atoms with E-state index in [1.807, 2.05) is 0 Å². The van der Waals surface area contributed by atoms with Crippen molar-refractivity contribution in [3.05, 3.63) is 65.2 Å². The molecule has 11 heteroatoms. The van der Waals surface area contributed by atoms with Crippen LogP contribution in [0.3, 0.4) is 0 Å². The second-order valence-electron chi connectivity index (χ2n) is 9.62. The van der Waals surface area contributed by atoms with Gasteiger partial charge in [-0.15, -0.1) is 0 Å². The summed E-state index contributed by atoms with van der Waals surface area (Å²) in [5.74, 6) is 0. The third-order valence-electron chi connectivity index (χ3n) is 5.55. The van der Waals surface area contributed by atoms with Gasteiger partial charge in [0.15, 0.2) is 0 Å². The van der Waals surface area contributed by atoms with Gasteiger partial charge in [0, 0.05) is 6.42 Å². The highest BCUT2D eigenvalue weighted by molar-refractivity contribution is 7.86. The number of ether oxygens (including phenoxy) is 1. The van der Waals surface area contributed by atoms with Crippen molar-refractivity contribution in [1.82, 2.24) is 4.90 Å². The summed E-state index contributed by atoms with van der Waals surface area (Å²) in [7, 11) is -4.16. The van der Waals surface area contributed by atoms with Gasteiger partial charge in [0.1, 0.15) is 11.2 Å². The van der Waals surface area contributed by atoms with Gasteiger partial charge in [-0.3, -0.25) is 9.08 Å². The molecule has 1 N–H and O–H groups in total. The molecule has 0 saturated carbocycles. The van der Waals surface area contributed by atoms with E-state index >= 15 is 0 Å². The van der Waals surface area contributed by atoms with Gasteiger partial charge in [-0.25, -0.2) is 4.79 Å². The fourth-order valence-electron chi connectivity index (χ4n) is 3.78. The van der Waals surface area contributed by atoms with Crippen LogP contribution in [0.1, 0.15) is 43.9 Å². The van der Waals surface area contributed by atoms with Crippen LogP contribution in [0.5, 0.6) is 0 Å². The first-order valence-electron chi connectivity index (χ1n) is 10.9. The second kappa shape index (κ2) is 9.44. The van der Waals surface area contributed by atoms with Crippen LogP contribution in [0.15, 0.2) is 53.4 Å². The van der Waals surface area contributed by atoms with Gasteiger partial charge >= 0.3 is 12.3 Å². The molecule has 2 aromatic rings. The largest absolute Gasteiger partial charge is 0.444 e. The number of likely N-dealkylation sites (tertiary alicyclic amines) is 1. The minimum Gasteiger partial charge on any atom is -0.444 e. The Morgan fingerprint density at radius 3 is 2.17 bits per heavy atom. The number of halogens is 3. The first-order valence-corrected chi connectivity index (χ1v) is 12.3. The minimum atomic E-state index is -4.54. The summed E-state index contributed by atoms with van der Waals surface area (Å²) < 4.78 is 74.7. The molecule has 0 aromatic heterocycles. The van der Waals surface area contributed by atoms with E-state index in [9.17, 15) is 31.5 Å². The van der Waals surface area contributed by atoms with Gasteiger partial charge in [-0.2, -0.15) is 21.6 Å². The van der Waals surface area contributed by atoms with Crippen LogP contribution in [0.2, 0.25) is 0 Å². The van der Waals surface area contributed by atoms with Crippen molar-refractivity contribution in [3.8, 4) is 0 Å². The van der Waals surface area contributed by atoms with E-state index in [1.165, 1.54) is 12.1 Å². The normalized spacial score (nSPS) is 21.3. The number of carbonyl (C=O) groups excluding carboxylic acids is 1. The second-order valence-corrected chi connectivity index (χ2v) is 11.2. The number of β-amino-alcohol motifs (C(OH)–C–C–N with tert-alkyl or cyclic N) is 1. The molecule has 1 amide bonds. The maximum Gasteiger partial charge on any atom is 0.416 e. The van der Waals surface area contributed by atoms with Gasteiger partial charge in [-0.05, 0) is 57.5 Å². The van der Waals surface area contributed by atoms with E-state index < -0.39 is 51.8 Å². The Kier molecular flexibility index (Phi) is 7.27. The molecule has 3 rings (SSSR count). The Morgan fingerprint density at radius 2 is 1.66 bits per heavy atom. The number of benzene rings is 2. The van der Waals surface area contributed by atoms with Gasteiger partial charge in [0.25, 0.3) is 10.1 Å². The lowest BCUT2D eigenvalue weighted by Crippen LogP contribution is -2.42. The highest BCUT2D eigenvalue weighted by Crippen LogP contribution is 2.38. The predicted molar refractivity (Wildman–Crippen MR) is 121 cm³/mol. The van der Waals surface area contributed by atoms with Crippen molar-refractivity contribution in [2.24, 2.45) is 0 Å². The maximum absolute atomic E-state index is 12.9. The Labute approximate surface area is 202 Å². The molecule has 1 fully saturated rings. The Hall–Kier alpha value is -2.63. The molecule has 1 heterocycles. The summed E-state index contributed by atoms with van der Waals surface area (Å²) in [4.78, 5) is 13.9. The van der Waals surface area contributed by atoms with E-state index in [0.29, 0.717) is 0 Å². The lowest BCUT2D eigenvalue weighted by atomic mass is 9.90. The van der Waals surface area contributed by atoms with Gasteiger partial charge in [0.2, 0.25) is 0 Å². The molecule has 1 aliphatic rings. The average molecular weight is 516 g/mol. The van der Waals surface area contributed by atoms with Crippen LogP contribution in [0, 0.1) is 6.92 Å². The Bertz CT molecular complexity index is 1160. The zero-order valence-corrected chi connectivity index (χ0v) is 20.6. The third-order valence-corrected chi connectivity index (χ3v) is 6.84. The highest BCUT2D eigenvalue weighted by Gasteiger charge is 2.48. The van der Waals surface area contributed by atoms with Crippen LogP contribution in [-0.4, -0.2) is 49.3 Å². The summed E-state index contributed by atoms with van der Waals surface area (Å²) >= 11 is 0. The van der Waals surface area contributed by atoms with E-state index in [4.69, 9.17) is 8.92 Å². The number of carbonyl (C=O) groups is 1. The lowest BCUT2D eigenvalue weighted by Gasteiger charge is -2.28. The maximum atomic E-state index is 12.9. The molecule has 192 valence electrons. The van der Waals surface area contributed by atoms with Crippen molar-refractivity contribution in [2.75, 3.05) is 13.2 Å². The summed E-state index contributed by atoms with van der Waals surface area (Å²) in [6.45, 7) is 5.96. The van der Waals surface area contributed by atoms with E-state index in [2.05, 4.69) is 0 Å². The summed E-state index contributed by atoms with van der Waals surface area (Å²) in [6.07, 6.45) is -5.51. The molecule has 0 bridgehead atoms. The Balaban J connectivity index is 1.85. The smallest absolute Gasteiger partial charge is 0.416 e. The molecule has 0 spiro atoms. The summed E-state index contributed by atoms with van der Waals surface area (Å²) in [5.41, 5.74) is -2.47. The van der Waals surface area contributed by atoms with Crippen molar-refractivity contribution < 1.29 is 40.4 Å². The molecule has 35 heavy (non-hydrogen) atoms. The van der Waals surface area contributed by atoms with E-state index in [0.717, 1.165) is 34.7 Å². The highest BCUT2D eigenvalue weighted by atomic mass is 32.2. The number of nitrogens with zero attached hydrogens (tertiary/aromatic N) is 1. The number of amides is 1. The van der Waals surface area contributed by atoms with Crippen LogP contribution in [0.4, 0.5) is 18.0 Å². The Morgan fingerprint density at radius 1 is 1.09 bits per heavy atom. The van der Waals surface area contributed by atoms with Crippen LogP contribution >= 0.6 is 0 Å². The van der Waals surface area contributed by atoms with Crippen LogP contribution in [0.25, 0.3) is 0 Å². The van der Waals surface area contributed by atoms with Crippen molar-refractivity contribution >= 4 is 16.2 Å².